The first kappa shape index (κ1) is 18.4. The van der Waals surface area contributed by atoms with Crippen LogP contribution in [0.3, 0.4) is 0 Å². The maximum absolute atomic E-state index is 13.7. The molecular formula is C20H21FN4O3. The summed E-state index contributed by atoms with van der Waals surface area (Å²) in [6, 6.07) is 5.65. The van der Waals surface area contributed by atoms with E-state index in [-0.39, 0.29) is 12.0 Å². The van der Waals surface area contributed by atoms with Gasteiger partial charge in [0.2, 0.25) is 5.82 Å². The predicted molar refractivity (Wildman–Crippen MR) is 101 cm³/mol. The summed E-state index contributed by atoms with van der Waals surface area (Å²) >= 11 is 0. The molecule has 0 spiro atoms. The van der Waals surface area contributed by atoms with Crippen LogP contribution < -0.4 is 9.47 Å². The second kappa shape index (κ2) is 7.93. The SMILES string of the molecule is COc1ccc(-c2nccn2CC2CCCO2)cc1-c1ncc(F)c(OC)n1. The van der Waals surface area contributed by atoms with Gasteiger partial charge in [0, 0.05) is 24.6 Å². The Hall–Kier alpha value is -3.00. The lowest BCUT2D eigenvalue weighted by Crippen LogP contribution is -2.15. The van der Waals surface area contributed by atoms with E-state index in [9.17, 15) is 4.39 Å². The molecule has 0 N–H and O–H groups in total. The van der Waals surface area contributed by atoms with Crippen LogP contribution in [0.15, 0.2) is 36.8 Å². The molecule has 8 heteroatoms. The number of hydrogen-bond acceptors (Lipinski definition) is 6. The van der Waals surface area contributed by atoms with Gasteiger partial charge in [-0.25, -0.2) is 9.97 Å². The van der Waals surface area contributed by atoms with Crippen LogP contribution >= 0.6 is 0 Å². The zero-order valence-electron chi connectivity index (χ0n) is 15.8. The summed E-state index contributed by atoms with van der Waals surface area (Å²) < 4.78 is 32.0. The molecule has 0 saturated carbocycles. The standard InChI is InChI=1S/C20H21FN4O3/c1-26-17-6-5-13(10-15(17)18-23-11-16(21)20(24-18)27-2)19-22-7-8-25(19)12-14-4-3-9-28-14/h5-8,10-11,14H,3-4,9,12H2,1-2H3. The highest BCUT2D eigenvalue weighted by molar-refractivity contribution is 5.72. The fourth-order valence-electron chi connectivity index (χ4n) is 3.37. The number of benzene rings is 1. The Bertz CT molecular complexity index is 970. The van der Waals surface area contributed by atoms with Crippen LogP contribution in [0.5, 0.6) is 11.6 Å². The number of hydrogen-bond donors (Lipinski definition) is 0. The van der Waals surface area contributed by atoms with Gasteiger partial charge >= 0.3 is 0 Å². The minimum Gasteiger partial charge on any atom is -0.496 e. The Morgan fingerprint density at radius 1 is 1.25 bits per heavy atom. The first-order chi connectivity index (χ1) is 13.7. The van der Waals surface area contributed by atoms with Crippen molar-refractivity contribution in [1.29, 1.82) is 0 Å². The molecular weight excluding hydrogens is 363 g/mol. The fraction of sp³-hybridized carbons (Fsp3) is 0.350. The predicted octanol–water partition coefficient (Wildman–Crippen LogP) is 3.34. The molecule has 1 aromatic carbocycles. The molecule has 1 aliphatic heterocycles. The van der Waals surface area contributed by atoms with E-state index < -0.39 is 5.82 Å². The van der Waals surface area contributed by atoms with Gasteiger partial charge in [-0.2, -0.15) is 9.37 Å². The van der Waals surface area contributed by atoms with Crippen LogP contribution in [0, 0.1) is 5.82 Å². The van der Waals surface area contributed by atoms with Gasteiger partial charge in [0.15, 0.2) is 5.82 Å². The van der Waals surface area contributed by atoms with Crippen LogP contribution in [-0.2, 0) is 11.3 Å². The summed E-state index contributed by atoms with van der Waals surface area (Å²) in [5, 5.41) is 0. The first-order valence-electron chi connectivity index (χ1n) is 9.07. The molecule has 0 amide bonds. The highest BCUT2D eigenvalue weighted by atomic mass is 19.1. The molecule has 3 aromatic rings. The highest BCUT2D eigenvalue weighted by Gasteiger charge is 2.19. The van der Waals surface area contributed by atoms with Crippen LogP contribution in [0.2, 0.25) is 0 Å². The Morgan fingerprint density at radius 3 is 2.89 bits per heavy atom. The van der Waals surface area contributed by atoms with Crippen molar-refractivity contribution in [3.05, 3.63) is 42.6 Å². The van der Waals surface area contributed by atoms with E-state index in [4.69, 9.17) is 14.2 Å². The van der Waals surface area contributed by atoms with E-state index in [0.29, 0.717) is 17.1 Å². The van der Waals surface area contributed by atoms with Crippen molar-refractivity contribution in [2.24, 2.45) is 0 Å². The van der Waals surface area contributed by atoms with Crippen molar-refractivity contribution in [2.75, 3.05) is 20.8 Å². The third-order valence-electron chi connectivity index (χ3n) is 4.74. The Labute approximate surface area is 162 Å². The molecule has 0 aliphatic carbocycles. The van der Waals surface area contributed by atoms with Gasteiger partial charge in [-0.05, 0) is 31.0 Å². The lowest BCUT2D eigenvalue weighted by Gasteiger charge is -2.14. The Morgan fingerprint density at radius 2 is 2.14 bits per heavy atom. The van der Waals surface area contributed by atoms with E-state index >= 15 is 0 Å². The maximum Gasteiger partial charge on any atom is 0.253 e. The topological polar surface area (TPSA) is 71.3 Å². The molecule has 2 aromatic heterocycles. The average Bonchev–Trinajstić information content (AvgIpc) is 3.40. The zero-order valence-corrected chi connectivity index (χ0v) is 15.8. The van der Waals surface area contributed by atoms with Gasteiger partial charge in [0.05, 0.1) is 38.6 Å². The van der Waals surface area contributed by atoms with Crippen LogP contribution in [0.25, 0.3) is 22.8 Å². The number of halogens is 1. The Kier molecular flexibility index (Phi) is 5.21. The van der Waals surface area contributed by atoms with Crippen molar-refractivity contribution in [3.8, 4) is 34.4 Å². The second-order valence-electron chi connectivity index (χ2n) is 6.50. The molecule has 3 heterocycles. The van der Waals surface area contributed by atoms with Gasteiger partial charge in [0.25, 0.3) is 5.88 Å². The maximum atomic E-state index is 13.7. The fourth-order valence-corrected chi connectivity index (χ4v) is 3.37. The van der Waals surface area contributed by atoms with Crippen LogP contribution in [0.1, 0.15) is 12.8 Å². The number of aromatic nitrogens is 4. The van der Waals surface area contributed by atoms with Gasteiger partial charge in [-0.3, -0.25) is 0 Å². The molecule has 0 radical (unpaired) electrons. The van der Waals surface area contributed by atoms with Crippen molar-refractivity contribution in [2.45, 2.75) is 25.5 Å². The lowest BCUT2D eigenvalue weighted by molar-refractivity contribution is 0.0974. The molecule has 28 heavy (non-hydrogen) atoms. The van der Waals surface area contributed by atoms with E-state index in [1.807, 2.05) is 24.4 Å². The molecule has 1 saturated heterocycles. The molecule has 0 bridgehead atoms. The minimum atomic E-state index is -0.617. The summed E-state index contributed by atoms with van der Waals surface area (Å²) in [5.41, 5.74) is 1.51. The van der Waals surface area contributed by atoms with Gasteiger partial charge < -0.3 is 18.8 Å². The Balaban J connectivity index is 1.73. The number of ether oxygens (including phenoxy) is 3. The van der Waals surface area contributed by atoms with Crippen molar-refractivity contribution in [3.63, 3.8) is 0 Å². The highest BCUT2D eigenvalue weighted by Crippen LogP contribution is 2.33. The molecule has 1 unspecified atom stereocenters. The van der Waals surface area contributed by atoms with Crippen molar-refractivity contribution >= 4 is 0 Å². The summed E-state index contributed by atoms with van der Waals surface area (Å²) in [6.45, 7) is 1.56. The molecule has 4 rings (SSSR count). The molecule has 1 atom stereocenters. The van der Waals surface area contributed by atoms with E-state index in [1.165, 1.54) is 7.11 Å². The molecule has 146 valence electrons. The monoisotopic (exact) mass is 384 g/mol. The van der Waals surface area contributed by atoms with Crippen molar-refractivity contribution < 1.29 is 18.6 Å². The lowest BCUT2D eigenvalue weighted by atomic mass is 10.1. The number of imidazole rings is 1. The summed E-state index contributed by atoms with van der Waals surface area (Å²) in [6.07, 6.45) is 7.14. The summed E-state index contributed by atoms with van der Waals surface area (Å²) in [4.78, 5) is 12.8. The van der Waals surface area contributed by atoms with Gasteiger partial charge in [-0.1, -0.05) is 0 Å². The van der Waals surface area contributed by atoms with Gasteiger partial charge in [-0.15, -0.1) is 0 Å². The largest absolute Gasteiger partial charge is 0.496 e. The molecule has 1 aliphatic rings. The number of methoxy groups -OCH3 is 2. The van der Waals surface area contributed by atoms with Gasteiger partial charge in [0.1, 0.15) is 11.6 Å². The number of nitrogens with zero attached hydrogens (tertiary/aromatic N) is 4. The van der Waals surface area contributed by atoms with Crippen LogP contribution in [0.4, 0.5) is 4.39 Å². The van der Waals surface area contributed by atoms with E-state index in [1.54, 1.807) is 13.3 Å². The summed E-state index contributed by atoms with van der Waals surface area (Å²) in [7, 11) is 2.93. The minimum absolute atomic E-state index is 0.114. The van der Waals surface area contributed by atoms with Crippen LogP contribution in [-0.4, -0.2) is 46.4 Å². The van der Waals surface area contributed by atoms with E-state index in [0.717, 1.165) is 43.6 Å². The number of rotatable bonds is 6. The second-order valence-corrected chi connectivity index (χ2v) is 6.50. The molecule has 7 nitrogen and oxygen atoms in total. The third kappa shape index (κ3) is 3.55. The third-order valence-corrected chi connectivity index (χ3v) is 4.74. The quantitative estimate of drug-likeness (QED) is 0.649. The first-order valence-corrected chi connectivity index (χ1v) is 9.07. The molecule has 1 fully saturated rings. The smallest absolute Gasteiger partial charge is 0.253 e. The average molecular weight is 384 g/mol. The van der Waals surface area contributed by atoms with Crippen molar-refractivity contribution in [1.82, 2.24) is 19.5 Å². The normalized spacial score (nSPS) is 16.3. The van der Waals surface area contributed by atoms with E-state index in [2.05, 4.69) is 19.5 Å². The zero-order chi connectivity index (χ0) is 19.5. The summed E-state index contributed by atoms with van der Waals surface area (Å²) in [5.74, 6) is 0.975.